The van der Waals surface area contributed by atoms with Crippen LogP contribution in [0.1, 0.15) is 13.8 Å². The summed E-state index contributed by atoms with van der Waals surface area (Å²) in [5.41, 5.74) is 0. The first-order valence-corrected chi connectivity index (χ1v) is 6.25. The van der Waals surface area contributed by atoms with Crippen molar-refractivity contribution in [2.75, 3.05) is 32.8 Å². The molecule has 1 amide bonds. The van der Waals surface area contributed by atoms with Crippen molar-refractivity contribution in [2.45, 2.75) is 24.7 Å². The van der Waals surface area contributed by atoms with Crippen LogP contribution in [0.25, 0.3) is 0 Å². The number of rotatable bonds is 4. The molecule has 5 heteroatoms. The lowest BCUT2D eigenvalue weighted by Gasteiger charge is -2.29. The Balaban J connectivity index is 2.22. The van der Waals surface area contributed by atoms with Crippen molar-refractivity contribution in [1.82, 2.24) is 10.2 Å². The van der Waals surface area contributed by atoms with Gasteiger partial charge in [-0.15, -0.1) is 0 Å². The topological polar surface area (TPSA) is 41.6 Å². The Morgan fingerprint density at radius 2 is 2.07 bits per heavy atom. The molecule has 0 aliphatic carbocycles. The van der Waals surface area contributed by atoms with Crippen molar-refractivity contribution < 1.29 is 9.53 Å². The minimum atomic E-state index is -0.121. The van der Waals surface area contributed by atoms with Gasteiger partial charge in [0.05, 0.1) is 18.0 Å². The normalized spacial score (nSPS) is 22.1. The lowest BCUT2D eigenvalue weighted by atomic mass is 10.2. The molecule has 0 aromatic carbocycles. The van der Waals surface area contributed by atoms with Gasteiger partial charge in [-0.2, -0.15) is 0 Å². The predicted molar refractivity (Wildman–Crippen MR) is 63.3 cm³/mol. The van der Waals surface area contributed by atoms with Crippen molar-refractivity contribution in [3.05, 3.63) is 0 Å². The van der Waals surface area contributed by atoms with Gasteiger partial charge in [-0.05, 0) is 13.8 Å². The Bertz CT molecular complexity index is 206. The van der Waals surface area contributed by atoms with Crippen LogP contribution in [0.2, 0.25) is 0 Å². The minimum absolute atomic E-state index is 0.0516. The zero-order valence-electron chi connectivity index (χ0n) is 9.33. The smallest absolute Gasteiger partial charge is 0.233 e. The number of ether oxygens (including phenoxy) is 1. The largest absolute Gasteiger partial charge is 0.379 e. The number of nitrogens with zero attached hydrogens (tertiary/aromatic N) is 1. The number of nitrogens with one attached hydrogen (secondary N) is 1. The van der Waals surface area contributed by atoms with Crippen LogP contribution < -0.4 is 5.32 Å². The van der Waals surface area contributed by atoms with Crippen LogP contribution in [0.3, 0.4) is 0 Å². The maximum atomic E-state index is 11.4. The zero-order valence-corrected chi connectivity index (χ0v) is 10.9. The lowest BCUT2D eigenvalue weighted by Crippen LogP contribution is -2.47. The van der Waals surface area contributed by atoms with Gasteiger partial charge in [0, 0.05) is 25.7 Å². The fraction of sp³-hybridized carbons (Fsp3) is 0.900. The van der Waals surface area contributed by atoms with E-state index in [0.29, 0.717) is 0 Å². The maximum absolute atomic E-state index is 11.4. The molecule has 1 aliphatic rings. The van der Waals surface area contributed by atoms with E-state index in [4.69, 9.17) is 4.74 Å². The fourth-order valence-corrected chi connectivity index (χ4v) is 1.71. The number of morpholine rings is 1. The van der Waals surface area contributed by atoms with Crippen molar-refractivity contribution in [2.24, 2.45) is 0 Å². The molecule has 1 N–H and O–H groups in total. The number of amides is 1. The number of carbonyl (C=O) groups excluding carboxylic acids is 1. The Morgan fingerprint density at radius 1 is 1.47 bits per heavy atom. The van der Waals surface area contributed by atoms with E-state index in [2.05, 4.69) is 26.1 Å². The van der Waals surface area contributed by atoms with Gasteiger partial charge in [-0.3, -0.25) is 9.69 Å². The summed E-state index contributed by atoms with van der Waals surface area (Å²) in [5.74, 6) is 0.0516. The SMILES string of the molecule is CC(CN1CCOCC1)NC(=O)C(C)Br. The summed E-state index contributed by atoms with van der Waals surface area (Å²) in [6.07, 6.45) is 0. The Hall–Kier alpha value is -0.130. The van der Waals surface area contributed by atoms with Crippen molar-refractivity contribution in [3.63, 3.8) is 0 Å². The number of carbonyl (C=O) groups is 1. The Kier molecular flexibility index (Phi) is 5.56. The van der Waals surface area contributed by atoms with E-state index in [1.54, 1.807) is 0 Å². The molecule has 1 rings (SSSR count). The minimum Gasteiger partial charge on any atom is -0.379 e. The third-order valence-electron chi connectivity index (χ3n) is 2.39. The first-order valence-electron chi connectivity index (χ1n) is 5.34. The summed E-state index contributed by atoms with van der Waals surface area (Å²) in [4.78, 5) is 13.6. The fourth-order valence-electron chi connectivity index (χ4n) is 1.57. The van der Waals surface area contributed by atoms with Gasteiger partial charge in [0.1, 0.15) is 0 Å². The van der Waals surface area contributed by atoms with Gasteiger partial charge in [-0.1, -0.05) is 15.9 Å². The monoisotopic (exact) mass is 278 g/mol. The van der Waals surface area contributed by atoms with E-state index in [1.165, 1.54) is 0 Å². The summed E-state index contributed by atoms with van der Waals surface area (Å²) >= 11 is 3.25. The summed E-state index contributed by atoms with van der Waals surface area (Å²) in [6, 6.07) is 0.190. The molecule has 0 bridgehead atoms. The third-order valence-corrected chi connectivity index (χ3v) is 2.80. The summed E-state index contributed by atoms with van der Waals surface area (Å²) in [5, 5.41) is 2.96. The van der Waals surface area contributed by atoms with Gasteiger partial charge >= 0.3 is 0 Å². The molecule has 0 aromatic rings. The first-order chi connectivity index (χ1) is 7.09. The molecule has 0 radical (unpaired) electrons. The van der Waals surface area contributed by atoms with Crippen LogP contribution in [0.15, 0.2) is 0 Å². The van der Waals surface area contributed by atoms with E-state index in [-0.39, 0.29) is 16.8 Å². The van der Waals surface area contributed by atoms with Gasteiger partial charge in [0.2, 0.25) is 5.91 Å². The average Bonchev–Trinajstić information content (AvgIpc) is 2.18. The average molecular weight is 279 g/mol. The number of halogens is 1. The van der Waals surface area contributed by atoms with Crippen LogP contribution in [-0.2, 0) is 9.53 Å². The van der Waals surface area contributed by atoms with Crippen LogP contribution in [0.4, 0.5) is 0 Å². The van der Waals surface area contributed by atoms with Crippen molar-refractivity contribution in [3.8, 4) is 0 Å². The van der Waals surface area contributed by atoms with E-state index in [9.17, 15) is 4.79 Å². The van der Waals surface area contributed by atoms with Crippen LogP contribution in [0, 0.1) is 0 Å². The highest BCUT2D eigenvalue weighted by Crippen LogP contribution is 2.01. The molecule has 1 heterocycles. The molecule has 1 aliphatic heterocycles. The zero-order chi connectivity index (χ0) is 11.3. The van der Waals surface area contributed by atoms with Gasteiger partial charge in [-0.25, -0.2) is 0 Å². The molecule has 4 nitrogen and oxygen atoms in total. The molecule has 15 heavy (non-hydrogen) atoms. The summed E-state index contributed by atoms with van der Waals surface area (Å²) in [6.45, 7) is 8.29. The molecule has 1 saturated heterocycles. The predicted octanol–water partition coefficient (Wildman–Crippen LogP) is 0.607. The molecular formula is C10H19BrN2O2. The molecule has 1 fully saturated rings. The standard InChI is InChI=1S/C10H19BrN2O2/c1-8(12-10(14)9(2)11)7-13-3-5-15-6-4-13/h8-9H,3-7H2,1-2H3,(H,12,14). The highest BCUT2D eigenvalue weighted by molar-refractivity contribution is 9.10. The van der Waals surface area contributed by atoms with Crippen LogP contribution in [0.5, 0.6) is 0 Å². The highest BCUT2D eigenvalue weighted by atomic mass is 79.9. The molecule has 0 saturated carbocycles. The summed E-state index contributed by atoms with van der Waals surface area (Å²) in [7, 11) is 0. The number of alkyl halides is 1. The first kappa shape index (κ1) is 12.9. The molecule has 2 atom stereocenters. The highest BCUT2D eigenvalue weighted by Gasteiger charge is 2.16. The lowest BCUT2D eigenvalue weighted by molar-refractivity contribution is -0.120. The van der Waals surface area contributed by atoms with Gasteiger partial charge in [0.15, 0.2) is 0 Å². The van der Waals surface area contributed by atoms with Crippen molar-refractivity contribution in [1.29, 1.82) is 0 Å². The van der Waals surface area contributed by atoms with Crippen LogP contribution >= 0.6 is 15.9 Å². The second kappa shape index (κ2) is 6.45. The molecule has 2 unspecified atom stereocenters. The third kappa shape index (κ3) is 4.95. The quantitative estimate of drug-likeness (QED) is 0.767. The van der Waals surface area contributed by atoms with Gasteiger partial charge in [0.25, 0.3) is 0 Å². The number of hydrogen-bond donors (Lipinski definition) is 1. The summed E-state index contributed by atoms with van der Waals surface area (Å²) < 4.78 is 5.26. The van der Waals surface area contributed by atoms with E-state index >= 15 is 0 Å². The Labute approximate surface area is 99.5 Å². The second-order valence-electron chi connectivity index (χ2n) is 3.94. The van der Waals surface area contributed by atoms with E-state index in [0.717, 1.165) is 32.8 Å². The van der Waals surface area contributed by atoms with Crippen molar-refractivity contribution >= 4 is 21.8 Å². The van der Waals surface area contributed by atoms with E-state index in [1.807, 2.05) is 13.8 Å². The molecule has 0 aromatic heterocycles. The second-order valence-corrected chi connectivity index (χ2v) is 5.31. The molecule has 0 spiro atoms. The Morgan fingerprint density at radius 3 is 2.60 bits per heavy atom. The molecular weight excluding hydrogens is 260 g/mol. The maximum Gasteiger partial charge on any atom is 0.233 e. The van der Waals surface area contributed by atoms with Gasteiger partial charge < -0.3 is 10.1 Å². The number of hydrogen-bond acceptors (Lipinski definition) is 3. The van der Waals surface area contributed by atoms with E-state index < -0.39 is 0 Å². The van der Waals surface area contributed by atoms with Crippen LogP contribution in [-0.4, -0.2) is 54.5 Å². The molecule has 88 valence electrons.